The maximum atomic E-state index is 12.0. The van der Waals surface area contributed by atoms with Gasteiger partial charge in [0.25, 0.3) is 11.5 Å². The van der Waals surface area contributed by atoms with Crippen LogP contribution < -0.4 is 10.9 Å². The lowest BCUT2D eigenvalue weighted by molar-refractivity contribution is 0.0609. The van der Waals surface area contributed by atoms with E-state index in [1.165, 1.54) is 7.11 Å². The molecule has 0 bridgehead atoms. The van der Waals surface area contributed by atoms with Crippen molar-refractivity contribution in [3.05, 3.63) is 40.3 Å². The Morgan fingerprint density at radius 2 is 2.15 bits per heavy atom. The van der Waals surface area contributed by atoms with Gasteiger partial charge in [-0.15, -0.1) is 0 Å². The highest BCUT2D eigenvalue weighted by atomic mass is 16.5. The Balaban J connectivity index is 2.23. The van der Waals surface area contributed by atoms with Gasteiger partial charge in [-0.25, -0.2) is 5.10 Å². The van der Waals surface area contributed by atoms with E-state index < -0.39 is 12.0 Å². The molecular weight excluding hydrogens is 262 g/mol. The molecule has 0 saturated heterocycles. The van der Waals surface area contributed by atoms with Crippen LogP contribution in [0.3, 0.4) is 0 Å². The van der Waals surface area contributed by atoms with Crippen LogP contribution >= 0.6 is 0 Å². The Bertz CT molecular complexity index is 668. The fourth-order valence-electron chi connectivity index (χ4n) is 1.83. The number of carbonyl (C=O) groups excluding carboxylic acids is 1. The fourth-order valence-corrected chi connectivity index (χ4v) is 1.83. The van der Waals surface area contributed by atoms with E-state index in [4.69, 9.17) is 4.74 Å². The number of ether oxygens (including phenoxy) is 1. The molecular formula is C13H15N3O4. The van der Waals surface area contributed by atoms with E-state index in [0.29, 0.717) is 10.8 Å². The average Bonchev–Trinajstić information content (AvgIpc) is 2.46. The predicted octanol–water partition coefficient (Wildman–Crippen LogP) is -0.340. The van der Waals surface area contributed by atoms with Gasteiger partial charge in [-0.05, 0) is 6.07 Å². The molecule has 2 rings (SSSR count). The van der Waals surface area contributed by atoms with E-state index in [9.17, 15) is 14.7 Å². The summed E-state index contributed by atoms with van der Waals surface area (Å²) in [4.78, 5) is 23.6. The maximum absolute atomic E-state index is 12.0. The van der Waals surface area contributed by atoms with Crippen molar-refractivity contribution < 1.29 is 14.6 Å². The van der Waals surface area contributed by atoms with Crippen molar-refractivity contribution in [2.24, 2.45) is 0 Å². The number of hydrogen-bond donors (Lipinski definition) is 3. The van der Waals surface area contributed by atoms with Gasteiger partial charge in [0.05, 0.1) is 18.1 Å². The van der Waals surface area contributed by atoms with Crippen molar-refractivity contribution >= 4 is 16.7 Å². The molecule has 20 heavy (non-hydrogen) atoms. The highest BCUT2D eigenvalue weighted by Gasteiger charge is 2.14. The number of rotatable bonds is 5. The molecule has 0 radical (unpaired) electrons. The van der Waals surface area contributed by atoms with Gasteiger partial charge in [-0.1, -0.05) is 18.2 Å². The number of fused-ring (bicyclic) bond motifs is 1. The summed E-state index contributed by atoms with van der Waals surface area (Å²) in [5.41, 5.74) is -0.235. The van der Waals surface area contributed by atoms with Gasteiger partial charge in [-0.3, -0.25) is 9.59 Å². The zero-order valence-electron chi connectivity index (χ0n) is 10.9. The normalized spacial score (nSPS) is 12.3. The number of aliphatic hydroxyl groups excluding tert-OH is 1. The van der Waals surface area contributed by atoms with E-state index in [-0.39, 0.29) is 24.4 Å². The second kappa shape index (κ2) is 6.27. The quantitative estimate of drug-likeness (QED) is 0.693. The van der Waals surface area contributed by atoms with Gasteiger partial charge < -0.3 is 15.2 Å². The number of hydrogen-bond acceptors (Lipinski definition) is 5. The van der Waals surface area contributed by atoms with E-state index in [1.54, 1.807) is 24.3 Å². The summed E-state index contributed by atoms with van der Waals surface area (Å²) in [7, 11) is 1.46. The summed E-state index contributed by atoms with van der Waals surface area (Å²) in [5.74, 6) is -0.465. The summed E-state index contributed by atoms with van der Waals surface area (Å²) in [5, 5.41) is 18.9. The van der Waals surface area contributed by atoms with Crippen molar-refractivity contribution in [1.82, 2.24) is 15.5 Å². The molecule has 106 valence electrons. The molecule has 0 saturated carbocycles. The zero-order valence-corrected chi connectivity index (χ0v) is 10.9. The second-order valence-electron chi connectivity index (χ2n) is 4.27. The van der Waals surface area contributed by atoms with Crippen molar-refractivity contribution in [2.45, 2.75) is 6.10 Å². The Labute approximate surface area is 114 Å². The number of aromatic amines is 1. The van der Waals surface area contributed by atoms with Gasteiger partial charge >= 0.3 is 0 Å². The molecule has 0 fully saturated rings. The number of benzene rings is 1. The van der Waals surface area contributed by atoms with Gasteiger partial charge in [-0.2, -0.15) is 5.10 Å². The lowest BCUT2D eigenvalue weighted by atomic mass is 10.1. The van der Waals surface area contributed by atoms with E-state index in [2.05, 4.69) is 15.5 Å². The number of methoxy groups -OCH3 is 1. The third-order valence-corrected chi connectivity index (χ3v) is 2.77. The molecule has 1 aromatic heterocycles. The first-order valence-corrected chi connectivity index (χ1v) is 6.06. The molecule has 0 aliphatic carbocycles. The van der Waals surface area contributed by atoms with Crippen molar-refractivity contribution in [2.75, 3.05) is 20.3 Å². The minimum absolute atomic E-state index is 0.0435. The summed E-state index contributed by atoms with van der Waals surface area (Å²) in [6.45, 7) is 0.169. The Hall–Kier alpha value is -2.25. The topological polar surface area (TPSA) is 104 Å². The number of amides is 1. The first kappa shape index (κ1) is 14.2. The lowest BCUT2D eigenvalue weighted by Gasteiger charge is -2.11. The third-order valence-electron chi connectivity index (χ3n) is 2.77. The third kappa shape index (κ3) is 3.01. The monoisotopic (exact) mass is 277 g/mol. The van der Waals surface area contributed by atoms with Crippen molar-refractivity contribution in [3.63, 3.8) is 0 Å². The molecule has 0 aliphatic heterocycles. The number of carbonyl (C=O) groups is 1. The Morgan fingerprint density at radius 3 is 2.85 bits per heavy atom. The van der Waals surface area contributed by atoms with Crippen molar-refractivity contribution in [1.29, 1.82) is 0 Å². The summed E-state index contributed by atoms with van der Waals surface area (Å²) < 4.78 is 4.76. The van der Waals surface area contributed by atoms with Crippen LogP contribution in [0.2, 0.25) is 0 Å². The van der Waals surface area contributed by atoms with Crippen LogP contribution in [-0.2, 0) is 4.74 Å². The Morgan fingerprint density at radius 1 is 1.45 bits per heavy atom. The van der Waals surface area contributed by atoms with Crippen LogP contribution in [0.1, 0.15) is 10.5 Å². The van der Waals surface area contributed by atoms with E-state index in [0.717, 1.165) is 0 Å². The maximum Gasteiger partial charge on any atom is 0.272 e. The first-order chi connectivity index (χ1) is 9.63. The van der Waals surface area contributed by atoms with E-state index in [1.807, 2.05) is 0 Å². The van der Waals surface area contributed by atoms with Gasteiger partial charge in [0.2, 0.25) is 0 Å². The molecule has 7 nitrogen and oxygen atoms in total. The second-order valence-corrected chi connectivity index (χ2v) is 4.27. The van der Waals surface area contributed by atoms with Crippen LogP contribution in [0.15, 0.2) is 29.1 Å². The predicted molar refractivity (Wildman–Crippen MR) is 72.6 cm³/mol. The van der Waals surface area contributed by atoms with E-state index >= 15 is 0 Å². The molecule has 0 aliphatic rings. The van der Waals surface area contributed by atoms with Crippen LogP contribution in [-0.4, -0.2) is 47.6 Å². The highest BCUT2D eigenvalue weighted by molar-refractivity contribution is 6.04. The van der Waals surface area contributed by atoms with Crippen LogP contribution in [0, 0.1) is 0 Å². The number of nitrogens with zero attached hydrogens (tertiary/aromatic N) is 1. The molecule has 3 N–H and O–H groups in total. The average molecular weight is 277 g/mol. The summed E-state index contributed by atoms with van der Waals surface area (Å²) in [6, 6.07) is 6.70. The molecule has 0 spiro atoms. The number of H-pyrrole nitrogens is 1. The summed E-state index contributed by atoms with van der Waals surface area (Å²) in [6.07, 6.45) is -0.794. The molecule has 1 atom stereocenters. The molecule has 1 heterocycles. The highest BCUT2D eigenvalue weighted by Crippen LogP contribution is 2.11. The molecule has 2 aromatic rings. The molecule has 1 aromatic carbocycles. The largest absolute Gasteiger partial charge is 0.389 e. The minimum atomic E-state index is -0.794. The molecule has 7 heteroatoms. The summed E-state index contributed by atoms with van der Waals surface area (Å²) >= 11 is 0. The van der Waals surface area contributed by atoms with Gasteiger partial charge in [0, 0.05) is 19.0 Å². The number of aromatic nitrogens is 2. The lowest BCUT2D eigenvalue weighted by Crippen LogP contribution is -2.35. The van der Waals surface area contributed by atoms with Crippen LogP contribution in [0.25, 0.3) is 10.8 Å². The van der Waals surface area contributed by atoms with Gasteiger partial charge in [0.1, 0.15) is 0 Å². The first-order valence-electron chi connectivity index (χ1n) is 6.06. The smallest absolute Gasteiger partial charge is 0.272 e. The standard InChI is InChI=1S/C13H15N3O4/c1-20-7-8(17)6-14-13(19)11-9-4-2-3-5-10(9)12(18)16-15-11/h2-5,8,17H,6-7H2,1H3,(H,14,19)(H,16,18). The SMILES string of the molecule is COCC(O)CNC(=O)c1n[nH]c(=O)c2ccccc12. The van der Waals surface area contributed by atoms with Crippen molar-refractivity contribution in [3.8, 4) is 0 Å². The fraction of sp³-hybridized carbons (Fsp3) is 0.308. The van der Waals surface area contributed by atoms with Gasteiger partial charge in [0.15, 0.2) is 5.69 Å². The number of nitrogens with one attached hydrogen (secondary N) is 2. The molecule has 1 amide bonds. The zero-order chi connectivity index (χ0) is 14.5. The van der Waals surface area contributed by atoms with Crippen LogP contribution in [0.4, 0.5) is 0 Å². The number of aliphatic hydroxyl groups is 1. The minimum Gasteiger partial charge on any atom is -0.389 e. The Kier molecular flexibility index (Phi) is 4.44. The molecule has 1 unspecified atom stereocenters. The van der Waals surface area contributed by atoms with Crippen LogP contribution in [0.5, 0.6) is 0 Å².